The molecule has 0 amide bonds. The Morgan fingerprint density at radius 2 is 1.78 bits per heavy atom. The normalized spacial score (nSPS) is 13.2. The quantitative estimate of drug-likeness (QED) is 0.678. The van der Waals surface area contributed by atoms with Crippen molar-refractivity contribution >= 4 is 35.8 Å². The summed E-state index contributed by atoms with van der Waals surface area (Å²) in [6.45, 7) is 2.11. The molecular weight excluding hydrogens is 349 g/mol. The summed E-state index contributed by atoms with van der Waals surface area (Å²) in [6.07, 6.45) is 2.27. The molecule has 0 fully saturated rings. The van der Waals surface area contributed by atoms with E-state index in [0.29, 0.717) is 0 Å². The Balaban J connectivity index is 0.00000264. The van der Waals surface area contributed by atoms with Crippen LogP contribution in [-0.2, 0) is 0 Å². The Kier molecular flexibility index (Phi) is 9.03. The Bertz CT molecular complexity index is 592. The summed E-state index contributed by atoms with van der Waals surface area (Å²) in [4.78, 5) is 2.18. The SMILES string of the molecule is CCCC[C@H](O)[C@H](N)c1ccccc1Sc1ccc(Cl)cc1.Cl. The minimum Gasteiger partial charge on any atom is -0.391 e. The first-order valence-electron chi connectivity index (χ1n) is 7.57. The van der Waals surface area contributed by atoms with Gasteiger partial charge in [-0.25, -0.2) is 0 Å². The van der Waals surface area contributed by atoms with Crippen molar-refractivity contribution < 1.29 is 5.11 Å². The predicted octanol–water partition coefficient (Wildman–Crippen LogP) is 5.46. The van der Waals surface area contributed by atoms with Gasteiger partial charge in [-0.1, -0.05) is 61.3 Å². The van der Waals surface area contributed by atoms with E-state index in [1.54, 1.807) is 11.8 Å². The molecule has 0 unspecified atom stereocenters. The highest BCUT2D eigenvalue weighted by atomic mass is 35.5. The summed E-state index contributed by atoms with van der Waals surface area (Å²) in [5.74, 6) is 0. The minimum absolute atomic E-state index is 0. The van der Waals surface area contributed by atoms with Crippen LogP contribution in [0.15, 0.2) is 58.3 Å². The van der Waals surface area contributed by atoms with Crippen molar-refractivity contribution in [2.24, 2.45) is 5.73 Å². The van der Waals surface area contributed by atoms with Crippen LogP contribution in [0.2, 0.25) is 5.02 Å². The first-order valence-corrected chi connectivity index (χ1v) is 8.77. The Morgan fingerprint density at radius 1 is 1.13 bits per heavy atom. The van der Waals surface area contributed by atoms with Gasteiger partial charge in [0, 0.05) is 14.8 Å². The van der Waals surface area contributed by atoms with Crippen LogP contribution < -0.4 is 5.73 Å². The molecule has 2 rings (SSSR count). The van der Waals surface area contributed by atoms with Gasteiger partial charge in [-0.3, -0.25) is 0 Å². The molecule has 0 aromatic heterocycles. The zero-order valence-corrected chi connectivity index (χ0v) is 15.5. The van der Waals surface area contributed by atoms with Crippen molar-refractivity contribution in [2.45, 2.75) is 48.1 Å². The molecule has 0 spiro atoms. The highest BCUT2D eigenvalue weighted by Crippen LogP contribution is 2.34. The van der Waals surface area contributed by atoms with Crippen LogP contribution >= 0.6 is 35.8 Å². The third-order valence-corrected chi connectivity index (χ3v) is 4.94. The average Bonchev–Trinajstić information content (AvgIpc) is 2.54. The highest BCUT2D eigenvalue weighted by molar-refractivity contribution is 7.99. The van der Waals surface area contributed by atoms with E-state index in [1.807, 2.05) is 48.5 Å². The molecule has 2 aromatic rings. The van der Waals surface area contributed by atoms with E-state index in [4.69, 9.17) is 17.3 Å². The first kappa shape index (κ1) is 20.3. The summed E-state index contributed by atoms with van der Waals surface area (Å²) < 4.78 is 0. The van der Waals surface area contributed by atoms with Gasteiger partial charge >= 0.3 is 0 Å². The number of unbranched alkanes of at least 4 members (excludes halogenated alkanes) is 1. The fraction of sp³-hybridized carbons (Fsp3) is 0.333. The molecule has 126 valence electrons. The minimum atomic E-state index is -0.507. The average molecular weight is 372 g/mol. The second-order valence-corrected chi connectivity index (χ2v) is 6.88. The lowest BCUT2D eigenvalue weighted by molar-refractivity contribution is 0.131. The van der Waals surface area contributed by atoms with E-state index in [-0.39, 0.29) is 18.4 Å². The topological polar surface area (TPSA) is 46.2 Å². The van der Waals surface area contributed by atoms with Gasteiger partial charge in [0.05, 0.1) is 12.1 Å². The molecule has 0 bridgehead atoms. The molecule has 23 heavy (non-hydrogen) atoms. The summed E-state index contributed by atoms with van der Waals surface area (Å²) in [5.41, 5.74) is 7.27. The van der Waals surface area contributed by atoms with E-state index < -0.39 is 6.10 Å². The van der Waals surface area contributed by atoms with Crippen LogP contribution in [0.25, 0.3) is 0 Å². The Morgan fingerprint density at radius 3 is 2.43 bits per heavy atom. The molecule has 2 atom stereocenters. The van der Waals surface area contributed by atoms with Gasteiger partial charge in [-0.15, -0.1) is 12.4 Å². The van der Waals surface area contributed by atoms with Crippen LogP contribution in [0.3, 0.4) is 0 Å². The molecule has 0 aliphatic rings. The number of benzene rings is 2. The maximum absolute atomic E-state index is 10.3. The van der Waals surface area contributed by atoms with Crippen molar-refractivity contribution in [1.82, 2.24) is 0 Å². The summed E-state index contributed by atoms with van der Waals surface area (Å²) >= 11 is 7.57. The van der Waals surface area contributed by atoms with E-state index in [0.717, 1.165) is 39.6 Å². The molecule has 0 saturated heterocycles. The van der Waals surface area contributed by atoms with Crippen molar-refractivity contribution in [2.75, 3.05) is 0 Å². The van der Waals surface area contributed by atoms with Gasteiger partial charge in [-0.2, -0.15) is 0 Å². The molecule has 2 nitrogen and oxygen atoms in total. The third kappa shape index (κ3) is 6.02. The number of hydrogen-bond acceptors (Lipinski definition) is 3. The second kappa shape index (κ2) is 10.2. The molecule has 0 aliphatic carbocycles. The van der Waals surface area contributed by atoms with Crippen LogP contribution in [0.1, 0.15) is 37.8 Å². The van der Waals surface area contributed by atoms with Crippen LogP contribution in [0, 0.1) is 0 Å². The van der Waals surface area contributed by atoms with Gasteiger partial charge in [-0.05, 0) is 42.3 Å². The fourth-order valence-corrected chi connectivity index (χ4v) is 3.40. The number of halogens is 2. The highest BCUT2D eigenvalue weighted by Gasteiger charge is 2.19. The molecule has 0 saturated carbocycles. The van der Waals surface area contributed by atoms with Crippen LogP contribution in [0.4, 0.5) is 0 Å². The van der Waals surface area contributed by atoms with Crippen LogP contribution in [0.5, 0.6) is 0 Å². The molecule has 0 radical (unpaired) electrons. The lowest BCUT2D eigenvalue weighted by Gasteiger charge is -2.21. The molecule has 5 heteroatoms. The number of hydrogen-bond donors (Lipinski definition) is 2. The molecule has 0 heterocycles. The smallest absolute Gasteiger partial charge is 0.0733 e. The second-order valence-electron chi connectivity index (χ2n) is 5.33. The maximum atomic E-state index is 10.3. The van der Waals surface area contributed by atoms with Gasteiger partial charge < -0.3 is 10.8 Å². The molecule has 3 N–H and O–H groups in total. The van der Waals surface area contributed by atoms with Crippen molar-refractivity contribution in [3.63, 3.8) is 0 Å². The van der Waals surface area contributed by atoms with E-state index in [1.165, 1.54) is 0 Å². The first-order chi connectivity index (χ1) is 10.6. The molecular formula is C18H23Cl2NOS. The molecule has 0 aliphatic heterocycles. The fourth-order valence-electron chi connectivity index (χ4n) is 2.28. The number of rotatable bonds is 7. The van der Waals surface area contributed by atoms with Gasteiger partial charge in [0.2, 0.25) is 0 Å². The lowest BCUT2D eigenvalue weighted by Crippen LogP contribution is -2.26. The zero-order valence-electron chi connectivity index (χ0n) is 13.1. The van der Waals surface area contributed by atoms with Crippen molar-refractivity contribution in [3.05, 3.63) is 59.1 Å². The van der Waals surface area contributed by atoms with Crippen molar-refractivity contribution in [1.29, 1.82) is 0 Å². The largest absolute Gasteiger partial charge is 0.391 e. The molecule has 2 aromatic carbocycles. The van der Waals surface area contributed by atoms with Gasteiger partial charge in [0.15, 0.2) is 0 Å². The lowest BCUT2D eigenvalue weighted by atomic mass is 9.98. The van der Waals surface area contributed by atoms with E-state index in [2.05, 4.69) is 6.92 Å². The van der Waals surface area contributed by atoms with E-state index >= 15 is 0 Å². The maximum Gasteiger partial charge on any atom is 0.0733 e. The third-order valence-electron chi connectivity index (χ3n) is 3.59. The zero-order chi connectivity index (χ0) is 15.9. The summed E-state index contributed by atoms with van der Waals surface area (Å²) in [5, 5.41) is 11.0. The number of aliphatic hydroxyl groups excluding tert-OH is 1. The monoisotopic (exact) mass is 371 g/mol. The predicted molar refractivity (Wildman–Crippen MR) is 102 cm³/mol. The number of nitrogens with two attached hydrogens (primary N) is 1. The summed E-state index contributed by atoms with van der Waals surface area (Å²) in [6, 6.07) is 15.4. The Hall–Kier alpha value is -0.710. The van der Waals surface area contributed by atoms with Crippen LogP contribution in [-0.4, -0.2) is 11.2 Å². The van der Waals surface area contributed by atoms with Gasteiger partial charge in [0.25, 0.3) is 0 Å². The standard InChI is InChI=1S/C18H22ClNOS.ClH/c1-2-3-7-16(21)18(20)15-6-4-5-8-17(15)22-14-11-9-13(19)10-12-14;/h4-6,8-12,16,18,21H,2-3,7,20H2,1H3;1H/t16-,18+;/m0./s1. The Labute approximate surface area is 153 Å². The van der Waals surface area contributed by atoms with Crippen molar-refractivity contribution in [3.8, 4) is 0 Å². The van der Waals surface area contributed by atoms with Gasteiger partial charge in [0.1, 0.15) is 0 Å². The summed E-state index contributed by atoms with van der Waals surface area (Å²) in [7, 11) is 0. The van der Waals surface area contributed by atoms with E-state index in [9.17, 15) is 5.11 Å². The number of aliphatic hydroxyl groups is 1.